The van der Waals surface area contributed by atoms with Crippen LogP contribution >= 0.6 is 0 Å². The zero-order valence-corrected chi connectivity index (χ0v) is 11.5. The molecule has 1 fully saturated rings. The predicted molar refractivity (Wildman–Crippen MR) is 77.4 cm³/mol. The van der Waals surface area contributed by atoms with E-state index in [4.69, 9.17) is 5.73 Å². The van der Waals surface area contributed by atoms with Crippen LogP contribution in [0.3, 0.4) is 0 Å². The molecule has 1 aliphatic heterocycles. The summed E-state index contributed by atoms with van der Waals surface area (Å²) in [6.45, 7) is 1.55. The van der Waals surface area contributed by atoms with Crippen LogP contribution in [-0.2, 0) is 0 Å². The van der Waals surface area contributed by atoms with Crippen molar-refractivity contribution >= 4 is 11.7 Å². The highest BCUT2D eigenvalue weighted by Gasteiger charge is 2.37. The molecule has 1 heterocycles. The Labute approximate surface area is 118 Å². The third-order valence-corrected chi connectivity index (χ3v) is 3.58. The molecule has 1 aromatic rings. The number of nitrogens with two attached hydrogens (primary N) is 1. The first kappa shape index (κ1) is 14.5. The first-order chi connectivity index (χ1) is 9.51. The summed E-state index contributed by atoms with van der Waals surface area (Å²) >= 11 is 0. The standard InChI is InChI=1S/C14H20N4O2/c1-18-9-7-14(20,8-10-18)12(16-17-13(15)19)11-5-3-2-4-6-11/h2-6,20H,7-10H2,1H3,(H3,15,17,19)/b16-12+. The molecule has 1 saturated heterocycles. The van der Waals surface area contributed by atoms with Crippen molar-refractivity contribution in [2.45, 2.75) is 18.4 Å². The van der Waals surface area contributed by atoms with E-state index in [2.05, 4.69) is 15.4 Å². The van der Waals surface area contributed by atoms with E-state index >= 15 is 0 Å². The SMILES string of the molecule is CN1CCC(O)(/C(=N/NC(N)=O)c2ccccc2)CC1. The van der Waals surface area contributed by atoms with E-state index < -0.39 is 11.6 Å². The number of rotatable bonds is 3. The number of nitrogens with one attached hydrogen (secondary N) is 1. The first-order valence-electron chi connectivity index (χ1n) is 6.61. The van der Waals surface area contributed by atoms with E-state index in [0.717, 1.165) is 18.7 Å². The van der Waals surface area contributed by atoms with Gasteiger partial charge in [-0.3, -0.25) is 0 Å². The normalized spacial score (nSPS) is 19.6. The van der Waals surface area contributed by atoms with E-state index in [1.807, 2.05) is 37.4 Å². The van der Waals surface area contributed by atoms with Gasteiger partial charge in [-0.05, 0) is 19.9 Å². The van der Waals surface area contributed by atoms with E-state index in [1.54, 1.807) is 0 Å². The molecule has 0 bridgehead atoms. The van der Waals surface area contributed by atoms with Gasteiger partial charge in [0.2, 0.25) is 0 Å². The molecule has 4 N–H and O–H groups in total. The number of hydrogen-bond donors (Lipinski definition) is 3. The molecule has 0 unspecified atom stereocenters. The third-order valence-electron chi connectivity index (χ3n) is 3.58. The van der Waals surface area contributed by atoms with Gasteiger partial charge in [-0.2, -0.15) is 5.10 Å². The van der Waals surface area contributed by atoms with Crippen molar-refractivity contribution in [2.75, 3.05) is 20.1 Å². The zero-order chi connectivity index (χ0) is 14.6. The average molecular weight is 276 g/mol. The van der Waals surface area contributed by atoms with Gasteiger partial charge >= 0.3 is 6.03 Å². The number of piperidine rings is 1. The molecule has 0 spiro atoms. The largest absolute Gasteiger partial charge is 0.383 e. The molecule has 0 aliphatic carbocycles. The molecule has 0 atom stereocenters. The highest BCUT2D eigenvalue weighted by Crippen LogP contribution is 2.26. The Kier molecular flexibility index (Phi) is 4.36. The quantitative estimate of drug-likeness (QED) is 0.555. The number of hydrogen-bond acceptors (Lipinski definition) is 4. The van der Waals surface area contributed by atoms with Crippen LogP contribution in [0.2, 0.25) is 0 Å². The van der Waals surface area contributed by atoms with Gasteiger partial charge in [0.1, 0.15) is 5.60 Å². The Bertz CT molecular complexity index is 493. The smallest absolute Gasteiger partial charge is 0.332 e. The molecule has 0 aromatic heterocycles. The number of benzene rings is 1. The van der Waals surface area contributed by atoms with Crippen LogP contribution in [0.5, 0.6) is 0 Å². The summed E-state index contributed by atoms with van der Waals surface area (Å²) in [7, 11) is 2.01. The number of likely N-dealkylation sites (tertiary alicyclic amines) is 1. The van der Waals surface area contributed by atoms with Crippen LogP contribution in [0, 0.1) is 0 Å². The van der Waals surface area contributed by atoms with Crippen molar-refractivity contribution in [3.8, 4) is 0 Å². The molecule has 2 amide bonds. The van der Waals surface area contributed by atoms with E-state index in [0.29, 0.717) is 18.6 Å². The molecule has 0 radical (unpaired) electrons. The second-order valence-corrected chi connectivity index (χ2v) is 5.14. The highest BCUT2D eigenvalue weighted by molar-refractivity contribution is 6.06. The number of amides is 2. The van der Waals surface area contributed by atoms with Gasteiger partial charge in [0.15, 0.2) is 0 Å². The van der Waals surface area contributed by atoms with Crippen molar-refractivity contribution in [3.63, 3.8) is 0 Å². The van der Waals surface area contributed by atoms with Crippen LogP contribution in [0.15, 0.2) is 35.4 Å². The van der Waals surface area contributed by atoms with E-state index in [1.165, 1.54) is 0 Å². The highest BCUT2D eigenvalue weighted by atomic mass is 16.3. The van der Waals surface area contributed by atoms with Crippen LogP contribution in [-0.4, -0.2) is 47.5 Å². The summed E-state index contributed by atoms with van der Waals surface area (Å²) in [5, 5.41) is 14.9. The average Bonchev–Trinajstić information content (AvgIpc) is 2.43. The van der Waals surface area contributed by atoms with Gasteiger partial charge in [0.05, 0.1) is 5.71 Å². The first-order valence-corrected chi connectivity index (χ1v) is 6.61. The van der Waals surface area contributed by atoms with Gasteiger partial charge in [0.25, 0.3) is 0 Å². The molecule has 6 heteroatoms. The number of hydrazone groups is 1. The maximum atomic E-state index is 10.9. The summed E-state index contributed by atoms with van der Waals surface area (Å²) in [6.07, 6.45) is 1.13. The lowest BCUT2D eigenvalue weighted by atomic mass is 9.83. The van der Waals surface area contributed by atoms with Crippen molar-refractivity contribution in [1.29, 1.82) is 0 Å². The molecular weight excluding hydrogens is 256 g/mol. The van der Waals surface area contributed by atoms with Gasteiger partial charge < -0.3 is 15.7 Å². The summed E-state index contributed by atoms with van der Waals surface area (Å²) in [5.74, 6) is 0. The Morgan fingerprint density at radius 2 is 1.95 bits per heavy atom. The topological polar surface area (TPSA) is 90.9 Å². The van der Waals surface area contributed by atoms with Crippen molar-refractivity contribution in [2.24, 2.45) is 10.8 Å². The second kappa shape index (κ2) is 6.02. The lowest BCUT2D eigenvalue weighted by Gasteiger charge is -2.37. The van der Waals surface area contributed by atoms with Gasteiger partial charge in [-0.1, -0.05) is 30.3 Å². The van der Waals surface area contributed by atoms with E-state index in [9.17, 15) is 9.90 Å². The molecule has 6 nitrogen and oxygen atoms in total. The predicted octanol–water partition coefficient (Wildman–Crippen LogP) is 0.516. The molecule has 1 aliphatic rings. The van der Waals surface area contributed by atoms with E-state index in [-0.39, 0.29) is 0 Å². The minimum absolute atomic E-state index is 0.463. The Hall–Kier alpha value is -1.92. The number of nitrogens with zero attached hydrogens (tertiary/aromatic N) is 2. The van der Waals surface area contributed by atoms with Gasteiger partial charge in [0, 0.05) is 18.7 Å². The lowest BCUT2D eigenvalue weighted by Crippen LogP contribution is -2.49. The maximum Gasteiger partial charge on any atom is 0.332 e. The number of carbonyl (C=O) groups is 1. The number of aliphatic hydroxyl groups is 1. The second-order valence-electron chi connectivity index (χ2n) is 5.14. The molecule has 108 valence electrons. The molecular formula is C14H20N4O2. The van der Waals surface area contributed by atoms with Crippen molar-refractivity contribution in [1.82, 2.24) is 10.3 Å². The fraction of sp³-hybridized carbons (Fsp3) is 0.429. The molecule has 20 heavy (non-hydrogen) atoms. The summed E-state index contributed by atoms with van der Waals surface area (Å²) in [5.41, 5.74) is 7.50. The minimum atomic E-state index is -1.05. The number of urea groups is 1. The lowest BCUT2D eigenvalue weighted by molar-refractivity contribution is 0.0438. The summed E-state index contributed by atoms with van der Waals surface area (Å²) in [4.78, 5) is 13.0. The van der Waals surface area contributed by atoms with Crippen LogP contribution in [0.4, 0.5) is 4.79 Å². The Morgan fingerprint density at radius 3 is 2.50 bits per heavy atom. The third kappa shape index (κ3) is 3.34. The van der Waals surface area contributed by atoms with Crippen LogP contribution < -0.4 is 11.2 Å². The molecule has 2 rings (SSSR count). The minimum Gasteiger partial charge on any atom is -0.383 e. The number of primary amides is 1. The maximum absolute atomic E-state index is 10.9. The van der Waals surface area contributed by atoms with Crippen molar-refractivity contribution in [3.05, 3.63) is 35.9 Å². The number of carbonyl (C=O) groups excluding carboxylic acids is 1. The van der Waals surface area contributed by atoms with Crippen LogP contribution in [0.1, 0.15) is 18.4 Å². The summed E-state index contributed by atoms with van der Waals surface area (Å²) < 4.78 is 0. The van der Waals surface area contributed by atoms with Gasteiger partial charge in [-0.15, -0.1) is 0 Å². The molecule has 0 saturated carbocycles. The van der Waals surface area contributed by atoms with Gasteiger partial charge in [-0.25, -0.2) is 10.2 Å². The Balaban J connectivity index is 2.31. The monoisotopic (exact) mass is 276 g/mol. The molecule has 1 aromatic carbocycles. The summed E-state index contributed by atoms with van der Waals surface area (Å²) in [6, 6.07) is 8.60. The Morgan fingerprint density at radius 1 is 1.35 bits per heavy atom. The zero-order valence-electron chi connectivity index (χ0n) is 11.5. The van der Waals surface area contributed by atoms with Crippen molar-refractivity contribution < 1.29 is 9.90 Å². The fourth-order valence-electron chi connectivity index (χ4n) is 2.37. The van der Waals surface area contributed by atoms with Crippen LogP contribution in [0.25, 0.3) is 0 Å². The fourth-order valence-corrected chi connectivity index (χ4v) is 2.37.